The Bertz CT molecular complexity index is 2290. The number of fused-ring (bicyclic) bond motifs is 7. The molecule has 8 rings (SSSR count). The number of carbonyl (C=O) groups is 4. The van der Waals surface area contributed by atoms with E-state index in [9.17, 15) is 41.6 Å². The van der Waals surface area contributed by atoms with Crippen molar-refractivity contribution in [2.45, 2.75) is 126 Å². The minimum Gasteiger partial charge on any atom is -0.471 e. The van der Waals surface area contributed by atoms with Crippen LogP contribution >= 0.6 is 0 Å². The summed E-state index contributed by atoms with van der Waals surface area (Å²) in [5, 5.41) is 14.5. The molecule has 0 spiro atoms. The van der Waals surface area contributed by atoms with E-state index >= 15 is 8.78 Å². The maximum Gasteiger partial charge on any atom is 0.408 e. The van der Waals surface area contributed by atoms with Gasteiger partial charge >= 0.3 is 12.0 Å². The fourth-order valence-corrected chi connectivity index (χ4v) is 9.61. The van der Waals surface area contributed by atoms with Crippen molar-refractivity contribution in [3.8, 4) is 11.9 Å². The second-order valence-electron chi connectivity index (χ2n) is 17.9. The Morgan fingerprint density at radius 1 is 1.12 bits per heavy atom. The first-order chi connectivity index (χ1) is 28.0. The summed E-state index contributed by atoms with van der Waals surface area (Å²) in [4.78, 5) is 66.0. The first kappa shape index (κ1) is 43.0. The Balaban J connectivity index is 1.31. The molecule has 0 unspecified atom stereocenters. The first-order valence-electron chi connectivity index (χ1n) is 19.9. The topological polar surface area (TPSA) is 210 Å². The summed E-state index contributed by atoms with van der Waals surface area (Å²) in [7, 11) is -4.33. The molecule has 1 saturated heterocycles. The van der Waals surface area contributed by atoms with Gasteiger partial charge in [0.25, 0.3) is 5.91 Å². The van der Waals surface area contributed by atoms with E-state index in [0.29, 0.717) is 18.9 Å². The second kappa shape index (κ2) is 15.1. The molecule has 6 atom stereocenters. The predicted octanol–water partition coefficient (Wildman–Crippen LogP) is 4.60. The zero-order chi connectivity index (χ0) is 43.7. The van der Waals surface area contributed by atoms with Crippen LogP contribution in [0.2, 0.25) is 0 Å². The molecular formula is C40H47F4N7O8S. The maximum absolute atomic E-state index is 16.3. The van der Waals surface area contributed by atoms with Crippen molar-refractivity contribution in [2.24, 2.45) is 23.2 Å². The third-order valence-corrected chi connectivity index (χ3v) is 14.7. The zero-order valence-corrected chi connectivity index (χ0v) is 34.5. The fraction of sp³-hybridized carbons (Fsp3) is 0.625. The Morgan fingerprint density at radius 2 is 1.82 bits per heavy atom. The summed E-state index contributed by atoms with van der Waals surface area (Å²) in [6, 6.07) is 3.05. The van der Waals surface area contributed by atoms with Gasteiger partial charge in [0.15, 0.2) is 5.69 Å². The molecule has 2 aromatic rings. The Hall–Kier alpha value is -5.06. The average Bonchev–Trinajstić information content (AvgIpc) is 4.06. The van der Waals surface area contributed by atoms with Crippen LogP contribution in [0.15, 0.2) is 30.4 Å². The van der Waals surface area contributed by atoms with E-state index in [1.807, 2.05) is 10.8 Å². The number of nitrogens with zero attached hydrogens (tertiary/aromatic N) is 4. The minimum atomic E-state index is -4.33. The highest BCUT2D eigenvalue weighted by atomic mass is 32.2. The number of nitriles is 1. The zero-order valence-electron chi connectivity index (χ0n) is 33.6. The maximum atomic E-state index is 16.3. The van der Waals surface area contributed by atoms with E-state index in [1.165, 1.54) is 31.2 Å². The van der Waals surface area contributed by atoms with Gasteiger partial charge in [-0.2, -0.15) is 14.0 Å². The molecule has 20 heteroatoms. The lowest BCUT2D eigenvalue weighted by Gasteiger charge is -2.38. The molecule has 4 bridgehead atoms. The average molecular weight is 862 g/mol. The van der Waals surface area contributed by atoms with Crippen molar-refractivity contribution in [1.82, 2.24) is 30.2 Å². The normalized spacial score (nSPS) is 31.5. The first-order valence-corrected chi connectivity index (χ1v) is 21.4. The van der Waals surface area contributed by atoms with Gasteiger partial charge in [-0.15, -0.1) is 0 Å². The number of halogens is 4. The number of allylic oxidation sites excluding steroid dienone is 2. The van der Waals surface area contributed by atoms with Crippen LogP contribution in [0.3, 0.4) is 0 Å². The van der Waals surface area contributed by atoms with E-state index in [2.05, 4.69) is 20.6 Å². The number of nitrogens with one attached hydrogen (secondary N) is 3. The van der Waals surface area contributed by atoms with E-state index in [4.69, 9.17) is 9.47 Å². The number of carbonyl (C=O) groups excluding carboxylic acids is 4. The standard InChI is InChI=1S/C40H47F4N7O8S/c1-6-23-27-19-51(28(23)32(52)49-39(17-24(39)31(41)42)35(54)50-60(56,57)38(5)12-13-38)34(53)30(37(2,3)4)48-36(55)58-22-14-20(15-22)8-7-11-40(43,44)29-33(59-27)47-26-16-21(18-45)9-10-25(26)46-29/h7,9-11,16,20,22-24,27-28,30-31H,6,8,12-15,17,19H2,1-5H3,(H,48,55)(H,49,52)(H,50,54)/b11-7+/t20?,22?,23-,24+,27+,28+,30-,39-/m1/s1. The van der Waals surface area contributed by atoms with Gasteiger partial charge in [-0.05, 0) is 87.5 Å². The molecular weight excluding hydrogens is 815 g/mol. The third kappa shape index (κ3) is 7.96. The lowest BCUT2D eigenvalue weighted by Crippen LogP contribution is -2.61. The van der Waals surface area contributed by atoms with Gasteiger partial charge in [-0.25, -0.2) is 32.0 Å². The van der Waals surface area contributed by atoms with Crippen molar-refractivity contribution in [3.05, 3.63) is 41.6 Å². The van der Waals surface area contributed by atoms with E-state index in [0.717, 1.165) is 4.90 Å². The van der Waals surface area contributed by atoms with Crippen LogP contribution in [-0.4, -0.2) is 94.6 Å². The number of ether oxygens (including phenoxy) is 2. The monoisotopic (exact) mass is 861 g/mol. The smallest absolute Gasteiger partial charge is 0.408 e. The van der Waals surface area contributed by atoms with E-state index < -0.39 is 123 Å². The Kier molecular flexibility index (Phi) is 10.9. The molecule has 15 nitrogen and oxygen atoms in total. The number of hydrogen-bond donors (Lipinski definition) is 3. The number of alkyl carbamates (subject to hydrolysis) is 1. The molecule has 6 aliphatic rings. The van der Waals surface area contributed by atoms with Gasteiger partial charge in [-0.3, -0.25) is 19.1 Å². The van der Waals surface area contributed by atoms with Crippen LogP contribution in [0, 0.1) is 34.5 Å². The highest BCUT2D eigenvalue weighted by Crippen LogP contribution is 2.50. The highest BCUT2D eigenvalue weighted by molar-refractivity contribution is 7.91. The lowest BCUT2D eigenvalue weighted by atomic mass is 9.80. The number of amides is 4. The molecule has 324 valence electrons. The van der Waals surface area contributed by atoms with Crippen molar-refractivity contribution in [3.63, 3.8) is 0 Å². The number of alkyl halides is 4. The third-order valence-electron chi connectivity index (χ3n) is 12.5. The van der Waals surface area contributed by atoms with Crippen LogP contribution < -0.4 is 20.1 Å². The lowest BCUT2D eigenvalue weighted by molar-refractivity contribution is -0.144. The molecule has 3 N–H and O–H groups in total. The second-order valence-corrected chi connectivity index (χ2v) is 20.1. The summed E-state index contributed by atoms with van der Waals surface area (Å²) in [6.45, 7) is 7.47. The van der Waals surface area contributed by atoms with Crippen LogP contribution in [0.1, 0.15) is 90.8 Å². The summed E-state index contributed by atoms with van der Waals surface area (Å²) in [5.74, 6) is -10.7. The minimum absolute atomic E-state index is 0.0146. The van der Waals surface area contributed by atoms with Crippen LogP contribution in [-0.2, 0) is 35.1 Å². The number of sulfonamides is 1. The van der Waals surface area contributed by atoms with Gasteiger partial charge in [0.05, 0.1) is 39.9 Å². The molecule has 3 aliphatic carbocycles. The molecule has 3 saturated carbocycles. The molecule has 60 heavy (non-hydrogen) atoms. The van der Waals surface area contributed by atoms with Gasteiger partial charge in [0, 0.05) is 5.92 Å². The highest BCUT2D eigenvalue weighted by Gasteiger charge is 2.68. The molecule has 3 aliphatic heterocycles. The van der Waals surface area contributed by atoms with Gasteiger partial charge < -0.3 is 25.0 Å². The fourth-order valence-electron chi connectivity index (χ4n) is 8.30. The van der Waals surface area contributed by atoms with Gasteiger partial charge in [-0.1, -0.05) is 33.8 Å². The number of benzene rings is 1. The van der Waals surface area contributed by atoms with Crippen molar-refractivity contribution in [1.29, 1.82) is 5.26 Å². The van der Waals surface area contributed by atoms with Crippen LogP contribution in [0.5, 0.6) is 5.88 Å². The summed E-state index contributed by atoms with van der Waals surface area (Å²) < 4.78 is 99.8. The van der Waals surface area contributed by atoms with Crippen molar-refractivity contribution in [2.75, 3.05) is 6.54 Å². The van der Waals surface area contributed by atoms with Crippen LogP contribution in [0.25, 0.3) is 11.0 Å². The molecule has 4 fully saturated rings. The molecule has 1 aromatic carbocycles. The summed E-state index contributed by atoms with van der Waals surface area (Å²) >= 11 is 0. The van der Waals surface area contributed by atoms with Crippen LogP contribution in [0.4, 0.5) is 22.4 Å². The number of aromatic nitrogens is 2. The van der Waals surface area contributed by atoms with Gasteiger partial charge in [0.1, 0.15) is 29.8 Å². The molecule has 0 radical (unpaired) electrons. The van der Waals surface area contributed by atoms with E-state index in [1.54, 1.807) is 27.7 Å². The SMILES string of the molecule is CC[C@@H]1[C@@H]2CN(C(=O)[C@H](C(C)(C)C)NC(=O)OC3CC(C/C=C/C(F)(F)c4nc5ccc(C#N)cc5nc4O2)C3)[C@@H]1C(=O)N[C@]1(C(=O)NS(=O)(=O)C2(C)CC2)C[C@H]1C(F)F. The Labute approximate surface area is 344 Å². The van der Waals surface area contributed by atoms with Crippen molar-refractivity contribution >= 4 is 44.9 Å². The molecule has 4 heterocycles. The van der Waals surface area contributed by atoms with E-state index in [-0.39, 0.29) is 48.2 Å². The van der Waals surface area contributed by atoms with Crippen molar-refractivity contribution < 1.29 is 54.6 Å². The summed E-state index contributed by atoms with van der Waals surface area (Å²) in [6.07, 6.45) is -3.16. The predicted molar refractivity (Wildman–Crippen MR) is 205 cm³/mol. The molecule has 4 amide bonds. The quantitative estimate of drug-likeness (QED) is 0.259. The number of rotatable bonds is 7. The largest absolute Gasteiger partial charge is 0.471 e. The summed E-state index contributed by atoms with van der Waals surface area (Å²) in [5.41, 5.74) is -4.07. The Morgan fingerprint density at radius 3 is 2.42 bits per heavy atom. The van der Waals surface area contributed by atoms with Gasteiger partial charge in [0.2, 0.25) is 34.1 Å². The molecule has 1 aromatic heterocycles. The number of hydrogen-bond acceptors (Lipinski definition) is 11.